The SMILES string of the molecule is COc1cccc(N2C[C@H](C(=O)Nc3nncs3)CC2=O)c1. The van der Waals surface area contributed by atoms with Crippen molar-refractivity contribution in [3.8, 4) is 5.75 Å². The van der Waals surface area contributed by atoms with Gasteiger partial charge in [0.15, 0.2) is 0 Å². The number of benzene rings is 1. The van der Waals surface area contributed by atoms with Crippen molar-refractivity contribution in [1.29, 1.82) is 0 Å². The van der Waals surface area contributed by atoms with E-state index >= 15 is 0 Å². The van der Waals surface area contributed by atoms with E-state index in [4.69, 9.17) is 4.74 Å². The lowest BCUT2D eigenvalue weighted by Gasteiger charge is -2.17. The van der Waals surface area contributed by atoms with Gasteiger partial charge in [0.05, 0.1) is 13.0 Å². The van der Waals surface area contributed by atoms with Crippen LogP contribution >= 0.6 is 11.3 Å². The maximum atomic E-state index is 12.2. The van der Waals surface area contributed by atoms with E-state index in [0.29, 0.717) is 17.4 Å². The first-order valence-electron chi connectivity index (χ1n) is 6.69. The zero-order valence-corrected chi connectivity index (χ0v) is 12.7. The Kier molecular flexibility index (Phi) is 4.01. The Morgan fingerprint density at radius 1 is 1.50 bits per heavy atom. The highest BCUT2D eigenvalue weighted by Gasteiger charge is 2.35. The minimum atomic E-state index is -0.400. The van der Waals surface area contributed by atoms with Crippen LogP contribution in [0.15, 0.2) is 29.8 Å². The molecular weight excluding hydrogens is 304 g/mol. The zero-order valence-electron chi connectivity index (χ0n) is 11.9. The van der Waals surface area contributed by atoms with Gasteiger partial charge in [0.1, 0.15) is 11.3 Å². The van der Waals surface area contributed by atoms with Gasteiger partial charge in [-0.2, -0.15) is 0 Å². The number of nitrogens with one attached hydrogen (secondary N) is 1. The van der Waals surface area contributed by atoms with Gasteiger partial charge in [-0.05, 0) is 12.1 Å². The third-order valence-corrected chi connectivity index (χ3v) is 4.06. The molecule has 2 heterocycles. The highest BCUT2D eigenvalue weighted by atomic mass is 32.1. The quantitative estimate of drug-likeness (QED) is 0.924. The van der Waals surface area contributed by atoms with Gasteiger partial charge < -0.3 is 15.0 Å². The van der Waals surface area contributed by atoms with Crippen LogP contribution < -0.4 is 15.0 Å². The van der Waals surface area contributed by atoms with Crippen LogP contribution in [0.4, 0.5) is 10.8 Å². The predicted molar refractivity (Wildman–Crippen MR) is 82.0 cm³/mol. The fraction of sp³-hybridized carbons (Fsp3) is 0.286. The van der Waals surface area contributed by atoms with Gasteiger partial charge in [0, 0.05) is 24.7 Å². The van der Waals surface area contributed by atoms with Crippen LogP contribution in [0.2, 0.25) is 0 Å². The van der Waals surface area contributed by atoms with Crippen molar-refractivity contribution in [3.63, 3.8) is 0 Å². The average Bonchev–Trinajstić information content (AvgIpc) is 3.17. The summed E-state index contributed by atoms with van der Waals surface area (Å²) in [5.74, 6) is -0.0178. The van der Waals surface area contributed by atoms with Crippen molar-refractivity contribution in [3.05, 3.63) is 29.8 Å². The first-order valence-corrected chi connectivity index (χ1v) is 7.57. The first kappa shape index (κ1) is 14.5. The average molecular weight is 318 g/mol. The highest BCUT2D eigenvalue weighted by molar-refractivity contribution is 7.13. The molecule has 1 aromatic heterocycles. The summed E-state index contributed by atoms with van der Waals surface area (Å²) in [5.41, 5.74) is 2.27. The fourth-order valence-corrected chi connectivity index (χ4v) is 2.79. The third-order valence-electron chi connectivity index (χ3n) is 3.45. The Hall–Kier alpha value is -2.48. The number of nitrogens with zero attached hydrogens (tertiary/aromatic N) is 3. The van der Waals surface area contributed by atoms with Crippen molar-refractivity contribution >= 4 is 34.0 Å². The lowest BCUT2D eigenvalue weighted by Crippen LogP contribution is -2.28. The van der Waals surface area contributed by atoms with Gasteiger partial charge in [0.25, 0.3) is 0 Å². The lowest BCUT2D eigenvalue weighted by atomic mass is 10.1. The summed E-state index contributed by atoms with van der Waals surface area (Å²) in [6.45, 7) is 0.344. The second-order valence-electron chi connectivity index (χ2n) is 4.84. The van der Waals surface area contributed by atoms with E-state index in [1.165, 1.54) is 16.8 Å². The maximum absolute atomic E-state index is 12.2. The molecule has 0 spiro atoms. The van der Waals surface area contributed by atoms with Gasteiger partial charge in [-0.15, -0.1) is 10.2 Å². The standard InChI is InChI=1S/C14H14N4O3S/c1-21-11-4-2-3-10(6-11)18-7-9(5-12(18)19)13(20)16-14-17-15-8-22-14/h2-4,6,8-9H,5,7H2,1H3,(H,16,17,20)/t9-/m1/s1. The number of rotatable bonds is 4. The Balaban J connectivity index is 1.71. The van der Waals surface area contributed by atoms with Crippen molar-refractivity contribution in [2.45, 2.75) is 6.42 Å². The van der Waals surface area contributed by atoms with Crippen LogP contribution in [0.3, 0.4) is 0 Å². The summed E-state index contributed by atoms with van der Waals surface area (Å²) in [6.07, 6.45) is 0.182. The first-order chi connectivity index (χ1) is 10.7. The van der Waals surface area contributed by atoms with E-state index in [9.17, 15) is 9.59 Å². The molecule has 3 rings (SSSR count). The highest BCUT2D eigenvalue weighted by Crippen LogP contribution is 2.28. The monoisotopic (exact) mass is 318 g/mol. The number of methoxy groups -OCH3 is 1. The summed E-state index contributed by atoms with van der Waals surface area (Å²) in [7, 11) is 1.57. The van der Waals surface area contributed by atoms with Gasteiger partial charge in [-0.3, -0.25) is 9.59 Å². The molecule has 0 unspecified atom stereocenters. The second kappa shape index (κ2) is 6.10. The van der Waals surface area contributed by atoms with Crippen LogP contribution in [0, 0.1) is 5.92 Å². The van der Waals surface area contributed by atoms with E-state index in [-0.39, 0.29) is 18.2 Å². The van der Waals surface area contributed by atoms with E-state index in [0.717, 1.165) is 5.69 Å². The summed E-state index contributed by atoms with van der Waals surface area (Å²) in [5, 5.41) is 10.6. The largest absolute Gasteiger partial charge is 0.497 e. The molecule has 1 atom stereocenters. The molecule has 1 aliphatic heterocycles. The minimum absolute atomic E-state index is 0.0781. The Labute approximate surface area is 130 Å². The Bertz CT molecular complexity index is 689. The Morgan fingerprint density at radius 3 is 3.09 bits per heavy atom. The zero-order chi connectivity index (χ0) is 15.5. The van der Waals surface area contributed by atoms with Crippen LogP contribution in [-0.2, 0) is 9.59 Å². The maximum Gasteiger partial charge on any atom is 0.231 e. The molecule has 1 N–H and O–H groups in total. The predicted octanol–water partition coefficient (Wildman–Crippen LogP) is 1.54. The minimum Gasteiger partial charge on any atom is -0.497 e. The summed E-state index contributed by atoms with van der Waals surface area (Å²) in [4.78, 5) is 26.0. The molecule has 8 heteroatoms. The van der Waals surface area contributed by atoms with Crippen molar-refractivity contribution in [2.75, 3.05) is 23.9 Å². The number of hydrogen-bond acceptors (Lipinski definition) is 6. The van der Waals surface area contributed by atoms with Gasteiger partial charge in [0.2, 0.25) is 16.9 Å². The number of aromatic nitrogens is 2. The molecule has 1 saturated heterocycles. The third kappa shape index (κ3) is 2.91. The molecule has 1 aromatic carbocycles. The van der Waals surface area contributed by atoms with Crippen molar-refractivity contribution in [1.82, 2.24) is 10.2 Å². The van der Waals surface area contributed by atoms with E-state index in [1.807, 2.05) is 18.2 Å². The molecular formula is C14H14N4O3S. The number of amides is 2. The van der Waals surface area contributed by atoms with Crippen molar-refractivity contribution in [2.24, 2.45) is 5.92 Å². The van der Waals surface area contributed by atoms with E-state index in [2.05, 4.69) is 15.5 Å². The van der Waals surface area contributed by atoms with E-state index in [1.54, 1.807) is 18.1 Å². The molecule has 1 aliphatic rings. The molecule has 2 amide bonds. The molecule has 0 aliphatic carbocycles. The molecule has 1 fully saturated rings. The van der Waals surface area contributed by atoms with Crippen LogP contribution in [0.5, 0.6) is 5.75 Å². The lowest BCUT2D eigenvalue weighted by molar-refractivity contribution is -0.122. The second-order valence-corrected chi connectivity index (χ2v) is 5.67. The van der Waals surface area contributed by atoms with Gasteiger partial charge in [-0.1, -0.05) is 17.4 Å². The number of anilines is 2. The van der Waals surface area contributed by atoms with E-state index < -0.39 is 5.92 Å². The summed E-state index contributed by atoms with van der Waals surface area (Å²) < 4.78 is 5.16. The van der Waals surface area contributed by atoms with Crippen LogP contribution in [-0.4, -0.2) is 35.7 Å². The molecule has 2 aromatic rings. The number of carbonyl (C=O) groups is 2. The number of hydrogen-bond donors (Lipinski definition) is 1. The topological polar surface area (TPSA) is 84.4 Å². The summed E-state index contributed by atoms with van der Waals surface area (Å²) in [6, 6.07) is 7.23. The fourth-order valence-electron chi connectivity index (χ4n) is 2.35. The van der Waals surface area contributed by atoms with Crippen molar-refractivity contribution < 1.29 is 14.3 Å². The van der Waals surface area contributed by atoms with Gasteiger partial charge >= 0.3 is 0 Å². The molecule has 114 valence electrons. The molecule has 22 heavy (non-hydrogen) atoms. The summed E-state index contributed by atoms with van der Waals surface area (Å²) >= 11 is 1.24. The van der Waals surface area contributed by atoms with Crippen LogP contribution in [0.25, 0.3) is 0 Å². The molecule has 7 nitrogen and oxygen atoms in total. The number of carbonyl (C=O) groups excluding carboxylic acids is 2. The van der Waals surface area contributed by atoms with Crippen LogP contribution in [0.1, 0.15) is 6.42 Å². The Morgan fingerprint density at radius 2 is 2.36 bits per heavy atom. The normalized spacial score (nSPS) is 17.6. The number of ether oxygens (including phenoxy) is 1. The smallest absolute Gasteiger partial charge is 0.231 e. The molecule has 0 saturated carbocycles. The van der Waals surface area contributed by atoms with Gasteiger partial charge in [-0.25, -0.2) is 0 Å². The molecule has 0 bridgehead atoms. The molecule has 0 radical (unpaired) electrons.